The highest BCUT2D eigenvalue weighted by molar-refractivity contribution is 5.28. The van der Waals surface area contributed by atoms with Crippen LogP contribution in [-0.4, -0.2) is 7.05 Å². The molecule has 0 bridgehead atoms. The Morgan fingerprint density at radius 2 is 1.79 bits per heavy atom. The minimum atomic E-state index is -0.172. The Balaban J connectivity index is 2.19. The normalized spacial score (nSPS) is 12.4. The average Bonchev–Trinajstić information content (AvgIpc) is 2.45. The summed E-state index contributed by atoms with van der Waals surface area (Å²) in [6, 6.07) is 15.6. The zero-order valence-corrected chi connectivity index (χ0v) is 11.5. The molecular weight excluding hydrogens is 237 g/mol. The number of aryl methyl sites for hydroxylation is 1. The maximum absolute atomic E-state index is 13.2. The number of halogens is 1. The Bertz CT molecular complexity index is 536. The highest BCUT2D eigenvalue weighted by Gasteiger charge is 2.10. The zero-order valence-electron chi connectivity index (χ0n) is 11.5. The molecule has 0 radical (unpaired) electrons. The third kappa shape index (κ3) is 3.65. The topological polar surface area (TPSA) is 12.0 Å². The third-order valence-corrected chi connectivity index (χ3v) is 3.44. The second kappa shape index (κ2) is 6.48. The summed E-state index contributed by atoms with van der Waals surface area (Å²) >= 11 is 0. The van der Waals surface area contributed by atoms with Gasteiger partial charge >= 0.3 is 0 Å². The van der Waals surface area contributed by atoms with E-state index in [2.05, 4.69) is 36.5 Å². The van der Waals surface area contributed by atoms with Crippen LogP contribution < -0.4 is 5.32 Å². The van der Waals surface area contributed by atoms with Gasteiger partial charge in [-0.1, -0.05) is 43.3 Å². The second-order valence-corrected chi connectivity index (χ2v) is 4.77. The van der Waals surface area contributed by atoms with E-state index in [0.29, 0.717) is 0 Å². The van der Waals surface area contributed by atoms with Crippen LogP contribution in [0.4, 0.5) is 4.39 Å². The highest BCUT2D eigenvalue weighted by Crippen LogP contribution is 2.20. The molecule has 1 atom stereocenters. The average molecular weight is 257 g/mol. The van der Waals surface area contributed by atoms with E-state index in [1.165, 1.54) is 17.2 Å². The molecule has 1 N–H and O–H groups in total. The summed E-state index contributed by atoms with van der Waals surface area (Å²) in [5, 5.41) is 3.32. The van der Waals surface area contributed by atoms with Crippen LogP contribution in [0, 0.1) is 5.82 Å². The van der Waals surface area contributed by atoms with Crippen LogP contribution in [-0.2, 0) is 12.8 Å². The minimum Gasteiger partial charge on any atom is -0.313 e. The molecule has 1 unspecified atom stereocenters. The lowest BCUT2D eigenvalue weighted by Gasteiger charge is -2.17. The summed E-state index contributed by atoms with van der Waals surface area (Å²) in [5.74, 6) is -0.172. The van der Waals surface area contributed by atoms with Gasteiger partial charge < -0.3 is 5.32 Å². The van der Waals surface area contributed by atoms with Crippen LogP contribution in [0.3, 0.4) is 0 Å². The molecule has 0 aliphatic rings. The lowest BCUT2D eigenvalue weighted by molar-refractivity contribution is 0.583. The van der Waals surface area contributed by atoms with Crippen molar-refractivity contribution in [1.82, 2.24) is 5.32 Å². The van der Waals surface area contributed by atoms with E-state index in [0.717, 1.165) is 18.4 Å². The molecule has 2 rings (SSSR count). The molecule has 0 heterocycles. The van der Waals surface area contributed by atoms with E-state index in [9.17, 15) is 4.39 Å². The van der Waals surface area contributed by atoms with Crippen LogP contribution >= 0.6 is 0 Å². The van der Waals surface area contributed by atoms with Gasteiger partial charge in [-0.2, -0.15) is 0 Å². The number of benzene rings is 2. The summed E-state index contributed by atoms with van der Waals surface area (Å²) in [5.41, 5.74) is 3.60. The number of hydrogen-bond acceptors (Lipinski definition) is 1. The molecule has 0 spiro atoms. The fourth-order valence-electron chi connectivity index (χ4n) is 2.32. The minimum absolute atomic E-state index is 0.172. The monoisotopic (exact) mass is 257 g/mol. The lowest BCUT2D eigenvalue weighted by Crippen LogP contribution is -2.19. The van der Waals surface area contributed by atoms with E-state index < -0.39 is 0 Å². The number of rotatable bonds is 5. The highest BCUT2D eigenvalue weighted by atomic mass is 19.1. The summed E-state index contributed by atoms with van der Waals surface area (Å²) in [6.07, 6.45) is 1.83. The van der Waals surface area contributed by atoms with Crippen LogP contribution in [0.5, 0.6) is 0 Å². The van der Waals surface area contributed by atoms with E-state index in [1.807, 2.05) is 13.1 Å². The van der Waals surface area contributed by atoms with Gasteiger partial charge in [-0.25, -0.2) is 4.39 Å². The zero-order chi connectivity index (χ0) is 13.7. The van der Waals surface area contributed by atoms with Gasteiger partial charge in [0.2, 0.25) is 0 Å². The fraction of sp³-hybridized carbons (Fsp3) is 0.294. The van der Waals surface area contributed by atoms with Crippen molar-refractivity contribution >= 4 is 0 Å². The molecule has 0 saturated carbocycles. The Hall–Kier alpha value is -1.67. The molecule has 0 aromatic heterocycles. The molecular formula is C17H20FN. The van der Waals surface area contributed by atoms with Crippen molar-refractivity contribution in [3.8, 4) is 0 Å². The van der Waals surface area contributed by atoms with E-state index >= 15 is 0 Å². The first-order valence-corrected chi connectivity index (χ1v) is 6.73. The van der Waals surface area contributed by atoms with Gasteiger partial charge in [0, 0.05) is 6.04 Å². The molecule has 1 nitrogen and oxygen atoms in total. The Labute approximate surface area is 114 Å². The maximum Gasteiger partial charge on any atom is 0.123 e. The number of nitrogens with one attached hydrogen (secondary N) is 1. The van der Waals surface area contributed by atoms with Crippen LogP contribution in [0.25, 0.3) is 0 Å². The predicted molar refractivity (Wildman–Crippen MR) is 77.7 cm³/mol. The van der Waals surface area contributed by atoms with Gasteiger partial charge in [0.15, 0.2) is 0 Å². The van der Waals surface area contributed by atoms with Crippen LogP contribution in [0.15, 0.2) is 48.5 Å². The smallest absolute Gasteiger partial charge is 0.123 e. The second-order valence-electron chi connectivity index (χ2n) is 4.77. The van der Waals surface area contributed by atoms with E-state index in [1.54, 1.807) is 12.1 Å². The molecule has 2 aromatic carbocycles. The Kier molecular flexibility index (Phi) is 4.69. The molecule has 0 amide bonds. The van der Waals surface area contributed by atoms with E-state index in [4.69, 9.17) is 0 Å². The van der Waals surface area contributed by atoms with Crippen molar-refractivity contribution < 1.29 is 4.39 Å². The standard InChI is InChI=1S/C17H20FN/c1-3-13-6-4-8-15(10-13)17(19-2)12-14-7-5-9-16(18)11-14/h4-11,17,19H,3,12H2,1-2H3. The van der Waals surface area contributed by atoms with Crippen molar-refractivity contribution in [3.63, 3.8) is 0 Å². The fourth-order valence-corrected chi connectivity index (χ4v) is 2.32. The summed E-state index contributed by atoms with van der Waals surface area (Å²) in [6.45, 7) is 2.15. The largest absolute Gasteiger partial charge is 0.313 e. The first kappa shape index (κ1) is 13.8. The summed E-state index contributed by atoms with van der Waals surface area (Å²) in [4.78, 5) is 0. The molecule has 0 fully saturated rings. The lowest BCUT2D eigenvalue weighted by atomic mass is 9.97. The first-order valence-electron chi connectivity index (χ1n) is 6.73. The van der Waals surface area contributed by atoms with E-state index in [-0.39, 0.29) is 11.9 Å². The van der Waals surface area contributed by atoms with Crippen molar-refractivity contribution in [2.24, 2.45) is 0 Å². The predicted octanol–water partition coefficient (Wildman–Crippen LogP) is 3.89. The molecule has 0 saturated heterocycles. The summed E-state index contributed by atoms with van der Waals surface area (Å²) in [7, 11) is 1.95. The molecule has 0 aliphatic carbocycles. The van der Waals surface area contributed by atoms with Crippen molar-refractivity contribution in [3.05, 3.63) is 71.0 Å². The van der Waals surface area contributed by atoms with Gasteiger partial charge in [-0.05, 0) is 48.7 Å². The van der Waals surface area contributed by atoms with Gasteiger partial charge in [-0.15, -0.1) is 0 Å². The first-order chi connectivity index (χ1) is 9.22. The molecule has 100 valence electrons. The molecule has 2 heteroatoms. The third-order valence-electron chi connectivity index (χ3n) is 3.44. The summed E-state index contributed by atoms with van der Waals surface area (Å²) < 4.78 is 13.2. The SMILES string of the molecule is CCc1cccc(C(Cc2cccc(F)c2)NC)c1. The van der Waals surface area contributed by atoms with Gasteiger partial charge in [0.05, 0.1) is 0 Å². The number of hydrogen-bond donors (Lipinski definition) is 1. The Morgan fingerprint density at radius 3 is 2.47 bits per heavy atom. The molecule has 19 heavy (non-hydrogen) atoms. The van der Waals surface area contributed by atoms with Gasteiger partial charge in [0.25, 0.3) is 0 Å². The Morgan fingerprint density at radius 1 is 1.05 bits per heavy atom. The van der Waals surface area contributed by atoms with Gasteiger partial charge in [0.1, 0.15) is 5.82 Å². The quantitative estimate of drug-likeness (QED) is 0.857. The molecule has 0 aliphatic heterocycles. The molecule has 2 aromatic rings. The van der Waals surface area contributed by atoms with Crippen molar-refractivity contribution in [1.29, 1.82) is 0 Å². The maximum atomic E-state index is 13.2. The van der Waals surface area contributed by atoms with Gasteiger partial charge in [-0.3, -0.25) is 0 Å². The number of likely N-dealkylation sites (N-methyl/N-ethyl adjacent to an activating group) is 1. The van der Waals surface area contributed by atoms with Crippen LogP contribution in [0.2, 0.25) is 0 Å². The van der Waals surface area contributed by atoms with Crippen LogP contribution in [0.1, 0.15) is 29.7 Å². The van der Waals surface area contributed by atoms with Crippen molar-refractivity contribution in [2.45, 2.75) is 25.8 Å². The van der Waals surface area contributed by atoms with Crippen molar-refractivity contribution in [2.75, 3.05) is 7.05 Å².